The number of hydrogen-bond acceptors (Lipinski definition) is 4. The Hall–Kier alpha value is -2.20. The summed E-state index contributed by atoms with van der Waals surface area (Å²) in [5.41, 5.74) is 3.36. The summed E-state index contributed by atoms with van der Waals surface area (Å²) >= 11 is 0. The third-order valence-electron chi connectivity index (χ3n) is 3.11. The Morgan fingerprint density at radius 2 is 1.81 bits per heavy atom. The number of methoxy groups -OCH3 is 1. The Labute approximate surface area is 126 Å². The third kappa shape index (κ3) is 4.39. The van der Waals surface area contributed by atoms with Gasteiger partial charge in [-0.2, -0.15) is 0 Å². The summed E-state index contributed by atoms with van der Waals surface area (Å²) in [5, 5.41) is 3.41. The first kappa shape index (κ1) is 15.2. The lowest BCUT2D eigenvalue weighted by Gasteiger charge is -2.19. The van der Waals surface area contributed by atoms with Crippen LogP contribution in [-0.2, 0) is 11.3 Å². The van der Waals surface area contributed by atoms with Crippen molar-refractivity contribution < 1.29 is 9.47 Å². The summed E-state index contributed by atoms with van der Waals surface area (Å²) in [5.74, 6) is 0.824. The van der Waals surface area contributed by atoms with E-state index in [9.17, 15) is 0 Å². The zero-order chi connectivity index (χ0) is 15.1. The molecule has 0 heterocycles. The fourth-order valence-corrected chi connectivity index (χ4v) is 2.03. The lowest BCUT2D eigenvalue weighted by molar-refractivity contribution is 0.0515. The van der Waals surface area contributed by atoms with Crippen LogP contribution in [0.2, 0.25) is 0 Å². The number of benzene rings is 2. The molecule has 0 saturated carbocycles. The first-order valence-electron chi connectivity index (χ1n) is 6.91. The molecule has 0 spiro atoms. The summed E-state index contributed by atoms with van der Waals surface area (Å²) in [6, 6.07) is 16.3. The van der Waals surface area contributed by atoms with Crippen LogP contribution in [0.4, 0.5) is 11.4 Å². The fraction of sp³-hybridized carbons (Fsp3) is 0.294. The van der Waals surface area contributed by atoms with Crippen molar-refractivity contribution in [3.63, 3.8) is 0 Å². The normalized spacial score (nSPS) is 10.2. The van der Waals surface area contributed by atoms with Crippen LogP contribution in [0.5, 0.6) is 5.75 Å². The molecule has 0 saturated heterocycles. The van der Waals surface area contributed by atoms with Crippen molar-refractivity contribution in [3.05, 3.63) is 54.1 Å². The van der Waals surface area contributed by atoms with E-state index in [2.05, 4.69) is 29.6 Å². The molecule has 21 heavy (non-hydrogen) atoms. The van der Waals surface area contributed by atoms with E-state index in [-0.39, 0.29) is 6.79 Å². The molecule has 2 aromatic rings. The first-order valence-corrected chi connectivity index (χ1v) is 6.91. The molecule has 0 aromatic heterocycles. The van der Waals surface area contributed by atoms with E-state index in [1.54, 1.807) is 7.11 Å². The highest BCUT2D eigenvalue weighted by atomic mass is 16.7. The second-order valence-electron chi connectivity index (χ2n) is 4.97. The van der Waals surface area contributed by atoms with E-state index in [0.29, 0.717) is 0 Å². The van der Waals surface area contributed by atoms with Crippen molar-refractivity contribution in [1.82, 2.24) is 0 Å². The van der Waals surface area contributed by atoms with Gasteiger partial charge in [0, 0.05) is 33.4 Å². The number of nitrogens with one attached hydrogen (secondary N) is 1. The van der Waals surface area contributed by atoms with Gasteiger partial charge in [-0.05, 0) is 29.8 Å². The third-order valence-corrected chi connectivity index (χ3v) is 3.11. The summed E-state index contributed by atoms with van der Waals surface area (Å²) in [6.07, 6.45) is 0. The van der Waals surface area contributed by atoms with E-state index in [0.717, 1.165) is 23.7 Å². The molecular formula is C17H22N2O2. The van der Waals surface area contributed by atoms with Crippen molar-refractivity contribution >= 4 is 11.4 Å². The number of ether oxygens (including phenoxy) is 2. The quantitative estimate of drug-likeness (QED) is 0.791. The van der Waals surface area contributed by atoms with Gasteiger partial charge in [0.2, 0.25) is 0 Å². The second kappa shape index (κ2) is 7.55. The van der Waals surface area contributed by atoms with Gasteiger partial charge in [0.05, 0.1) is 5.69 Å². The second-order valence-corrected chi connectivity index (χ2v) is 4.97. The summed E-state index contributed by atoms with van der Waals surface area (Å²) in [6.45, 7) is 1.03. The van der Waals surface area contributed by atoms with Crippen LogP contribution >= 0.6 is 0 Å². The van der Waals surface area contributed by atoms with Gasteiger partial charge in [-0.15, -0.1) is 0 Å². The summed E-state index contributed by atoms with van der Waals surface area (Å²) in [4.78, 5) is 2.04. The largest absolute Gasteiger partial charge is 0.465 e. The van der Waals surface area contributed by atoms with E-state index in [1.807, 2.05) is 43.3 Å². The fourth-order valence-electron chi connectivity index (χ4n) is 2.03. The van der Waals surface area contributed by atoms with Crippen LogP contribution in [0.25, 0.3) is 0 Å². The van der Waals surface area contributed by atoms with Gasteiger partial charge < -0.3 is 19.7 Å². The minimum Gasteiger partial charge on any atom is -0.465 e. The molecule has 2 rings (SSSR count). The SMILES string of the molecule is COCOc1ccc(CNc2ccccc2)cc1N(C)C. The molecule has 112 valence electrons. The van der Waals surface area contributed by atoms with Crippen molar-refractivity contribution in [1.29, 1.82) is 0 Å². The predicted octanol–water partition coefficient (Wildman–Crippen LogP) is 3.35. The standard InChI is InChI=1S/C17H22N2O2/c1-19(2)16-11-14(9-10-17(16)21-13-20-3)12-18-15-7-5-4-6-8-15/h4-11,18H,12-13H2,1-3H3. The maximum absolute atomic E-state index is 5.58. The minimum absolute atomic E-state index is 0.252. The van der Waals surface area contributed by atoms with Gasteiger partial charge in [0.15, 0.2) is 6.79 Å². The Morgan fingerprint density at radius 1 is 1.05 bits per heavy atom. The van der Waals surface area contributed by atoms with Gasteiger partial charge in [-0.25, -0.2) is 0 Å². The highest BCUT2D eigenvalue weighted by Gasteiger charge is 2.07. The Bertz CT molecular complexity index is 556. The summed E-state index contributed by atoms with van der Waals surface area (Å²) < 4.78 is 10.5. The molecule has 0 atom stereocenters. The molecule has 0 aliphatic rings. The van der Waals surface area contributed by atoms with Gasteiger partial charge in [-0.3, -0.25) is 0 Å². The van der Waals surface area contributed by atoms with Crippen molar-refractivity contribution in [3.8, 4) is 5.75 Å². The average Bonchev–Trinajstić information content (AvgIpc) is 2.52. The van der Waals surface area contributed by atoms with Crippen LogP contribution in [0.3, 0.4) is 0 Å². The van der Waals surface area contributed by atoms with E-state index in [4.69, 9.17) is 9.47 Å². The molecule has 0 aliphatic carbocycles. The van der Waals surface area contributed by atoms with Crippen molar-refractivity contribution in [2.45, 2.75) is 6.54 Å². The monoisotopic (exact) mass is 286 g/mol. The maximum Gasteiger partial charge on any atom is 0.188 e. The highest BCUT2D eigenvalue weighted by Crippen LogP contribution is 2.28. The average molecular weight is 286 g/mol. The molecule has 1 N–H and O–H groups in total. The highest BCUT2D eigenvalue weighted by molar-refractivity contribution is 5.59. The predicted molar refractivity (Wildman–Crippen MR) is 87.0 cm³/mol. The first-order chi connectivity index (χ1) is 10.2. The van der Waals surface area contributed by atoms with E-state index in [1.165, 1.54) is 5.56 Å². The Kier molecular flexibility index (Phi) is 5.46. The molecule has 0 bridgehead atoms. The molecular weight excluding hydrogens is 264 g/mol. The maximum atomic E-state index is 5.58. The van der Waals surface area contributed by atoms with Crippen molar-refractivity contribution in [2.75, 3.05) is 38.2 Å². The van der Waals surface area contributed by atoms with Gasteiger partial charge >= 0.3 is 0 Å². The van der Waals surface area contributed by atoms with Gasteiger partial charge in [-0.1, -0.05) is 24.3 Å². The van der Waals surface area contributed by atoms with Crippen LogP contribution in [0.15, 0.2) is 48.5 Å². The van der Waals surface area contributed by atoms with Gasteiger partial charge in [0.25, 0.3) is 0 Å². The molecule has 0 fully saturated rings. The number of anilines is 2. The van der Waals surface area contributed by atoms with Gasteiger partial charge in [0.1, 0.15) is 5.75 Å². The van der Waals surface area contributed by atoms with E-state index >= 15 is 0 Å². The molecule has 0 aliphatic heterocycles. The van der Waals surface area contributed by atoms with Crippen LogP contribution in [-0.4, -0.2) is 28.0 Å². The number of para-hydroxylation sites is 1. The molecule has 4 heteroatoms. The van der Waals surface area contributed by atoms with Crippen LogP contribution in [0, 0.1) is 0 Å². The lowest BCUT2D eigenvalue weighted by Crippen LogP contribution is -2.12. The molecule has 0 radical (unpaired) electrons. The smallest absolute Gasteiger partial charge is 0.188 e. The molecule has 0 amide bonds. The number of nitrogens with zero attached hydrogens (tertiary/aromatic N) is 1. The molecule has 4 nitrogen and oxygen atoms in total. The number of hydrogen-bond donors (Lipinski definition) is 1. The minimum atomic E-state index is 0.252. The van der Waals surface area contributed by atoms with E-state index < -0.39 is 0 Å². The Morgan fingerprint density at radius 3 is 2.48 bits per heavy atom. The zero-order valence-electron chi connectivity index (χ0n) is 12.8. The number of rotatable bonds is 7. The topological polar surface area (TPSA) is 33.7 Å². The molecule has 0 unspecified atom stereocenters. The summed E-state index contributed by atoms with van der Waals surface area (Å²) in [7, 11) is 5.63. The van der Waals surface area contributed by atoms with Crippen LogP contribution in [0.1, 0.15) is 5.56 Å². The van der Waals surface area contributed by atoms with Crippen molar-refractivity contribution in [2.24, 2.45) is 0 Å². The zero-order valence-corrected chi connectivity index (χ0v) is 12.8. The van der Waals surface area contributed by atoms with Crippen LogP contribution < -0.4 is 15.0 Å². The lowest BCUT2D eigenvalue weighted by atomic mass is 10.1. The Balaban J connectivity index is 2.08. The molecule has 2 aromatic carbocycles.